The highest BCUT2D eigenvalue weighted by molar-refractivity contribution is 6.34. The summed E-state index contributed by atoms with van der Waals surface area (Å²) in [6.07, 6.45) is 4.06. The molecular weight excluding hydrogens is 288 g/mol. The summed E-state index contributed by atoms with van der Waals surface area (Å²) in [5.74, 6) is 0.579. The van der Waals surface area contributed by atoms with Gasteiger partial charge < -0.3 is 9.80 Å². The largest absolute Gasteiger partial charge is 0.332 e. The molecule has 1 aliphatic heterocycles. The number of nitrogens with zero attached hydrogens (tertiary/aromatic N) is 4. The van der Waals surface area contributed by atoms with Crippen molar-refractivity contribution in [1.29, 1.82) is 0 Å². The van der Waals surface area contributed by atoms with E-state index in [9.17, 15) is 4.79 Å². The van der Waals surface area contributed by atoms with Gasteiger partial charge in [-0.1, -0.05) is 23.7 Å². The molecule has 6 heteroatoms. The van der Waals surface area contributed by atoms with E-state index in [-0.39, 0.29) is 11.9 Å². The monoisotopic (exact) mass is 302 g/mol. The number of halogens is 1. The molecule has 0 bridgehead atoms. The topological polar surface area (TPSA) is 49.3 Å². The third-order valence-electron chi connectivity index (χ3n) is 3.66. The Morgan fingerprint density at radius 2 is 1.95 bits per heavy atom. The molecule has 0 saturated carbocycles. The lowest BCUT2D eigenvalue weighted by Gasteiger charge is -2.24. The minimum atomic E-state index is -0.260. The molecule has 108 valence electrons. The van der Waals surface area contributed by atoms with Crippen molar-refractivity contribution < 1.29 is 4.79 Å². The maximum atomic E-state index is 12.6. The molecule has 0 radical (unpaired) electrons. The first-order chi connectivity index (χ1) is 10.2. The number of anilines is 2. The van der Waals surface area contributed by atoms with Crippen molar-refractivity contribution in [3.63, 3.8) is 0 Å². The van der Waals surface area contributed by atoms with Crippen LogP contribution in [0.2, 0.25) is 5.02 Å². The summed E-state index contributed by atoms with van der Waals surface area (Å²) < 4.78 is 0. The second-order valence-corrected chi connectivity index (χ2v) is 5.31. The van der Waals surface area contributed by atoms with Crippen molar-refractivity contribution >= 4 is 29.1 Å². The van der Waals surface area contributed by atoms with Gasteiger partial charge in [0.15, 0.2) is 0 Å². The molecule has 1 atom stereocenters. The zero-order valence-corrected chi connectivity index (χ0v) is 12.4. The van der Waals surface area contributed by atoms with E-state index in [0.717, 1.165) is 12.1 Å². The Morgan fingerprint density at radius 3 is 2.67 bits per heavy atom. The van der Waals surface area contributed by atoms with Gasteiger partial charge in [-0.05, 0) is 24.6 Å². The van der Waals surface area contributed by atoms with Crippen molar-refractivity contribution in [1.82, 2.24) is 9.97 Å². The van der Waals surface area contributed by atoms with Crippen LogP contribution in [0.15, 0.2) is 42.7 Å². The molecule has 3 rings (SSSR count). The van der Waals surface area contributed by atoms with Crippen molar-refractivity contribution in [3.8, 4) is 0 Å². The Morgan fingerprint density at radius 1 is 1.24 bits per heavy atom. The van der Waals surface area contributed by atoms with Crippen LogP contribution in [-0.2, 0) is 4.79 Å². The van der Waals surface area contributed by atoms with E-state index in [1.54, 1.807) is 29.4 Å². The highest BCUT2D eigenvalue weighted by atomic mass is 35.5. The summed E-state index contributed by atoms with van der Waals surface area (Å²) >= 11 is 6.18. The van der Waals surface area contributed by atoms with Crippen molar-refractivity contribution in [2.24, 2.45) is 0 Å². The van der Waals surface area contributed by atoms with Gasteiger partial charge in [0.2, 0.25) is 11.9 Å². The summed E-state index contributed by atoms with van der Waals surface area (Å²) in [4.78, 5) is 24.6. The summed E-state index contributed by atoms with van der Waals surface area (Å²) in [6, 6.07) is 8.88. The first-order valence-corrected chi connectivity index (χ1v) is 7.12. The number of rotatable bonds is 3. The summed E-state index contributed by atoms with van der Waals surface area (Å²) in [5.41, 5.74) is 0.758. The second-order valence-electron chi connectivity index (χ2n) is 4.91. The molecule has 0 aliphatic carbocycles. The fourth-order valence-electron chi connectivity index (χ4n) is 2.55. The molecule has 0 N–H and O–H groups in total. The van der Waals surface area contributed by atoms with E-state index in [2.05, 4.69) is 9.97 Å². The molecule has 0 spiro atoms. The molecule has 1 aromatic heterocycles. The second kappa shape index (κ2) is 5.69. The summed E-state index contributed by atoms with van der Waals surface area (Å²) in [7, 11) is 1.84. The molecular formula is C15H15ClN4O. The van der Waals surface area contributed by atoms with E-state index in [4.69, 9.17) is 11.6 Å². The van der Waals surface area contributed by atoms with Gasteiger partial charge in [-0.3, -0.25) is 4.79 Å². The summed E-state index contributed by atoms with van der Waals surface area (Å²) in [6.45, 7) is 0.643. The van der Waals surface area contributed by atoms with Gasteiger partial charge in [-0.25, -0.2) is 9.97 Å². The number of likely N-dealkylation sites (N-methyl/N-ethyl adjacent to an activating group) is 1. The van der Waals surface area contributed by atoms with Crippen LogP contribution < -0.4 is 9.80 Å². The average Bonchev–Trinajstić information content (AvgIpc) is 2.89. The van der Waals surface area contributed by atoms with E-state index < -0.39 is 0 Å². The predicted molar refractivity (Wildman–Crippen MR) is 82.6 cm³/mol. The third-order valence-corrected chi connectivity index (χ3v) is 3.98. The van der Waals surface area contributed by atoms with Gasteiger partial charge in [-0.2, -0.15) is 0 Å². The smallest absolute Gasteiger partial charge is 0.249 e. The van der Waals surface area contributed by atoms with Gasteiger partial charge in [0.1, 0.15) is 6.04 Å². The van der Waals surface area contributed by atoms with E-state index >= 15 is 0 Å². The Labute approximate surface area is 128 Å². The molecule has 1 amide bonds. The number of carbonyl (C=O) groups excluding carboxylic acids is 1. The van der Waals surface area contributed by atoms with Crippen LogP contribution in [-0.4, -0.2) is 35.5 Å². The van der Waals surface area contributed by atoms with Crippen LogP contribution in [0.5, 0.6) is 0 Å². The number of hydrogen-bond donors (Lipinski definition) is 0. The number of amides is 1. The van der Waals surface area contributed by atoms with Gasteiger partial charge in [-0.15, -0.1) is 0 Å². The fourth-order valence-corrected chi connectivity index (χ4v) is 2.78. The molecule has 0 unspecified atom stereocenters. The number of hydrogen-bond acceptors (Lipinski definition) is 4. The molecule has 1 aromatic carbocycles. The third kappa shape index (κ3) is 2.56. The van der Waals surface area contributed by atoms with Gasteiger partial charge in [0, 0.05) is 26.0 Å². The molecule has 5 nitrogen and oxygen atoms in total. The quantitative estimate of drug-likeness (QED) is 0.873. The van der Waals surface area contributed by atoms with Crippen LogP contribution >= 0.6 is 11.6 Å². The number of benzene rings is 1. The van der Waals surface area contributed by atoms with E-state index in [1.807, 2.05) is 30.1 Å². The van der Waals surface area contributed by atoms with E-state index in [1.165, 1.54) is 0 Å². The fraction of sp³-hybridized carbons (Fsp3) is 0.267. The Bertz CT molecular complexity index is 649. The normalized spacial score (nSPS) is 18.1. The lowest BCUT2D eigenvalue weighted by atomic mass is 10.2. The molecule has 2 aromatic rings. The minimum Gasteiger partial charge on any atom is -0.332 e. The van der Waals surface area contributed by atoms with E-state index in [0.29, 0.717) is 17.5 Å². The highest BCUT2D eigenvalue weighted by Crippen LogP contribution is 2.30. The van der Waals surface area contributed by atoms with Crippen LogP contribution in [0.25, 0.3) is 0 Å². The summed E-state index contributed by atoms with van der Waals surface area (Å²) in [5, 5.41) is 0.588. The molecule has 1 aliphatic rings. The zero-order chi connectivity index (χ0) is 14.8. The van der Waals surface area contributed by atoms with Crippen LogP contribution in [0.3, 0.4) is 0 Å². The Hall–Kier alpha value is -2.14. The lowest BCUT2D eigenvalue weighted by molar-refractivity contribution is -0.118. The molecule has 2 heterocycles. The van der Waals surface area contributed by atoms with Gasteiger partial charge in [0.05, 0.1) is 10.7 Å². The SMILES string of the molecule is CN(c1ncccn1)[C@@H]1CCN(c2ccccc2Cl)C1=O. The zero-order valence-electron chi connectivity index (χ0n) is 11.6. The first kappa shape index (κ1) is 13.8. The predicted octanol–water partition coefficient (Wildman–Crippen LogP) is 2.37. The minimum absolute atomic E-state index is 0.0260. The van der Waals surface area contributed by atoms with Crippen molar-refractivity contribution in [3.05, 3.63) is 47.7 Å². The lowest BCUT2D eigenvalue weighted by Crippen LogP contribution is -2.40. The highest BCUT2D eigenvalue weighted by Gasteiger charge is 2.36. The van der Waals surface area contributed by atoms with Gasteiger partial charge >= 0.3 is 0 Å². The van der Waals surface area contributed by atoms with Crippen molar-refractivity contribution in [2.45, 2.75) is 12.5 Å². The molecule has 21 heavy (non-hydrogen) atoms. The standard InChI is InChI=1S/C15H15ClN4O/c1-19(15-17-8-4-9-18-15)13-7-10-20(14(13)21)12-6-3-2-5-11(12)16/h2-6,8-9,13H,7,10H2,1H3/t13-/m1/s1. The first-order valence-electron chi connectivity index (χ1n) is 6.74. The number of aromatic nitrogens is 2. The maximum absolute atomic E-state index is 12.6. The van der Waals surface area contributed by atoms with Crippen molar-refractivity contribution in [2.75, 3.05) is 23.4 Å². The van der Waals surface area contributed by atoms with Crippen LogP contribution in [0.4, 0.5) is 11.6 Å². The molecule has 1 saturated heterocycles. The van der Waals surface area contributed by atoms with Crippen LogP contribution in [0.1, 0.15) is 6.42 Å². The maximum Gasteiger partial charge on any atom is 0.249 e. The van der Waals surface area contributed by atoms with Gasteiger partial charge in [0.25, 0.3) is 0 Å². The Balaban J connectivity index is 1.83. The Kier molecular flexibility index (Phi) is 3.75. The van der Waals surface area contributed by atoms with Crippen LogP contribution in [0, 0.1) is 0 Å². The molecule has 1 fully saturated rings. The number of carbonyl (C=O) groups is 1. The number of para-hydroxylation sites is 1. The average molecular weight is 303 g/mol.